The standard InChI is InChI=1S/C11H12N2O5/c1-12-11(17)13-9(15)6-18-10(16)7-2-4-8(14)5-3-7/h2-5,14H,6H2,1H3,(H2,12,13,15,17). The van der Waals surface area contributed by atoms with Crippen molar-refractivity contribution in [1.82, 2.24) is 10.6 Å². The van der Waals surface area contributed by atoms with Crippen molar-refractivity contribution in [2.75, 3.05) is 13.7 Å². The first kappa shape index (κ1) is 13.5. The van der Waals surface area contributed by atoms with Crippen LogP contribution in [-0.4, -0.2) is 36.7 Å². The lowest BCUT2D eigenvalue weighted by Gasteiger charge is -2.05. The molecule has 3 amide bonds. The minimum atomic E-state index is -0.735. The van der Waals surface area contributed by atoms with E-state index < -0.39 is 24.5 Å². The minimum Gasteiger partial charge on any atom is -0.508 e. The molecule has 0 unspecified atom stereocenters. The molecule has 0 bridgehead atoms. The second-order valence-corrected chi connectivity index (χ2v) is 3.25. The second kappa shape index (κ2) is 6.24. The number of hydrogen-bond donors (Lipinski definition) is 3. The molecule has 0 fully saturated rings. The average molecular weight is 252 g/mol. The SMILES string of the molecule is CNC(=O)NC(=O)COC(=O)c1ccc(O)cc1. The summed E-state index contributed by atoms with van der Waals surface area (Å²) in [5.41, 5.74) is 0.195. The van der Waals surface area contributed by atoms with E-state index in [1.165, 1.54) is 31.3 Å². The number of aromatic hydroxyl groups is 1. The number of phenols is 1. The number of amides is 3. The van der Waals surface area contributed by atoms with E-state index >= 15 is 0 Å². The molecule has 0 aliphatic carbocycles. The molecule has 7 nitrogen and oxygen atoms in total. The van der Waals surface area contributed by atoms with Crippen LogP contribution in [0.15, 0.2) is 24.3 Å². The molecule has 0 saturated carbocycles. The molecule has 0 aliphatic heterocycles. The van der Waals surface area contributed by atoms with Crippen molar-refractivity contribution in [3.63, 3.8) is 0 Å². The Balaban J connectivity index is 2.44. The number of urea groups is 1. The fourth-order valence-electron chi connectivity index (χ4n) is 1.04. The summed E-state index contributed by atoms with van der Waals surface area (Å²) in [6.07, 6.45) is 0. The summed E-state index contributed by atoms with van der Waals surface area (Å²) >= 11 is 0. The van der Waals surface area contributed by atoms with Gasteiger partial charge in [-0.3, -0.25) is 10.1 Å². The lowest BCUT2D eigenvalue weighted by molar-refractivity contribution is -0.123. The Morgan fingerprint density at radius 1 is 1.22 bits per heavy atom. The quantitative estimate of drug-likeness (QED) is 0.657. The number of nitrogens with one attached hydrogen (secondary N) is 2. The zero-order valence-electron chi connectivity index (χ0n) is 9.60. The summed E-state index contributed by atoms with van der Waals surface area (Å²) in [5.74, 6) is -1.44. The molecule has 1 aromatic carbocycles. The van der Waals surface area contributed by atoms with Crippen molar-refractivity contribution in [2.45, 2.75) is 0 Å². The van der Waals surface area contributed by atoms with E-state index in [2.05, 4.69) is 10.1 Å². The Kier molecular flexibility index (Phi) is 4.67. The van der Waals surface area contributed by atoms with Gasteiger partial charge in [0.2, 0.25) is 0 Å². The Morgan fingerprint density at radius 2 is 1.83 bits per heavy atom. The molecule has 3 N–H and O–H groups in total. The van der Waals surface area contributed by atoms with Crippen LogP contribution in [0, 0.1) is 0 Å². The van der Waals surface area contributed by atoms with Gasteiger partial charge < -0.3 is 15.2 Å². The molecule has 0 radical (unpaired) electrons. The summed E-state index contributed by atoms with van der Waals surface area (Å²) in [4.78, 5) is 33.3. The first-order chi connectivity index (χ1) is 8.52. The van der Waals surface area contributed by atoms with Crippen molar-refractivity contribution in [2.24, 2.45) is 0 Å². The van der Waals surface area contributed by atoms with Crippen LogP contribution in [0.4, 0.5) is 4.79 Å². The van der Waals surface area contributed by atoms with E-state index in [1.807, 2.05) is 5.32 Å². The molecule has 0 atom stereocenters. The highest BCUT2D eigenvalue weighted by atomic mass is 16.5. The van der Waals surface area contributed by atoms with E-state index in [0.29, 0.717) is 0 Å². The third-order valence-corrected chi connectivity index (χ3v) is 1.92. The van der Waals surface area contributed by atoms with Gasteiger partial charge in [-0.2, -0.15) is 0 Å². The van der Waals surface area contributed by atoms with Gasteiger partial charge in [0.15, 0.2) is 6.61 Å². The van der Waals surface area contributed by atoms with Gasteiger partial charge in [-0.05, 0) is 24.3 Å². The zero-order chi connectivity index (χ0) is 13.5. The second-order valence-electron chi connectivity index (χ2n) is 3.25. The van der Waals surface area contributed by atoms with Crippen LogP contribution < -0.4 is 10.6 Å². The average Bonchev–Trinajstić information content (AvgIpc) is 2.36. The Bertz CT molecular complexity index is 455. The lowest BCUT2D eigenvalue weighted by Crippen LogP contribution is -2.39. The van der Waals surface area contributed by atoms with Gasteiger partial charge in [0.1, 0.15) is 5.75 Å². The maximum absolute atomic E-state index is 11.4. The van der Waals surface area contributed by atoms with E-state index in [-0.39, 0.29) is 11.3 Å². The Morgan fingerprint density at radius 3 is 2.39 bits per heavy atom. The van der Waals surface area contributed by atoms with Crippen LogP contribution >= 0.6 is 0 Å². The number of esters is 1. The number of phenolic OH excluding ortho intramolecular Hbond substituents is 1. The van der Waals surface area contributed by atoms with Crippen LogP contribution in [0.2, 0.25) is 0 Å². The largest absolute Gasteiger partial charge is 0.508 e. The number of carbonyl (C=O) groups is 3. The predicted molar refractivity (Wildman–Crippen MR) is 61.0 cm³/mol. The van der Waals surface area contributed by atoms with E-state index in [1.54, 1.807) is 0 Å². The highest BCUT2D eigenvalue weighted by Crippen LogP contribution is 2.10. The summed E-state index contributed by atoms with van der Waals surface area (Å²) in [7, 11) is 1.35. The van der Waals surface area contributed by atoms with Crippen LogP contribution in [0.25, 0.3) is 0 Å². The van der Waals surface area contributed by atoms with Gasteiger partial charge in [-0.15, -0.1) is 0 Å². The molecular formula is C11H12N2O5. The number of rotatable bonds is 3. The van der Waals surface area contributed by atoms with Crippen molar-refractivity contribution in [3.8, 4) is 5.75 Å². The van der Waals surface area contributed by atoms with Crippen molar-refractivity contribution in [1.29, 1.82) is 0 Å². The summed E-state index contributed by atoms with van der Waals surface area (Å²) in [6, 6.07) is 4.67. The highest BCUT2D eigenvalue weighted by molar-refractivity contribution is 5.96. The van der Waals surface area contributed by atoms with Gasteiger partial charge in [0.25, 0.3) is 5.91 Å². The van der Waals surface area contributed by atoms with Gasteiger partial charge in [0.05, 0.1) is 5.56 Å². The van der Waals surface area contributed by atoms with Gasteiger partial charge >= 0.3 is 12.0 Å². The zero-order valence-corrected chi connectivity index (χ0v) is 9.60. The first-order valence-corrected chi connectivity index (χ1v) is 5.00. The molecule has 96 valence electrons. The Labute approximate surface area is 103 Å². The number of benzene rings is 1. The molecule has 0 heterocycles. The molecule has 0 aliphatic rings. The third kappa shape index (κ3) is 4.12. The summed E-state index contributed by atoms with van der Waals surface area (Å²) in [6.45, 7) is -0.562. The molecule has 18 heavy (non-hydrogen) atoms. The highest BCUT2D eigenvalue weighted by Gasteiger charge is 2.11. The molecule has 7 heteroatoms. The van der Waals surface area contributed by atoms with Crippen molar-refractivity contribution < 1.29 is 24.2 Å². The number of hydrogen-bond acceptors (Lipinski definition) is 5. The molecule has 1 rings (SSSR count). The maximum Gasteiger partial charge on any atom is 0.338 e. The van der Waals surface area contributed by atoms with Crippen LogP contribution in [0.5, 0.6) is 5.75 Å². The molecule has 0 saturated heterocycles. The van der Waals surface area contributed by atoms with E-state index in [0.717, 1.165) is 0 Å². The van der Waals surface area contributed by atoms with Gasteiger partial charge in [-0.25, -0.2) is 9.59 Å². The molecule has 1 aromatic rings. The van der Waals surface area contributed by atoms with Crippen LogP contribution in [-0.2, 0) is 9.53 Å². The van der Waals surface area contributed by atoms with E-state index in [4.69, 9.17) is 5.11 Å². The molecule has 0 aromatic heterocycles. The monoisotopic (exact) mass is 252 g/mol. The summed E-state index contributed by atoms with van der Waals surface area (Å²) < 4.78 is 4.66. The fourth-order valence-corrected chi connectivity index (χ4v) is 1.04. The third-order valence-electron chi connectivity index (χ3n) is 1.92. The first-order valence-electron chi connectivity index (χ1n) is 5.00. The van der Waals surface area contributed by atoms with Crippen molar-refractivity contribution >= 4 is 17.9 Å². The molecular weight excluding hydrogens is 240 g/mol. The minimum absolute atomic E-state index is 0.0175. The smallest absolute Gasteiger partial charge is 0.338 e. The maximum atomic E-state index is 11.4. The number of imide groups is 1. The predicted octanol–water partition coefficient (Wildman–Crippen LogP) is 0.00460. The number of ether oxygens (including phenoxy) is 1. The van der Waals surface area contributed by atoms with Crippen molar-refractivity contribution in [3.05, 3.63) is 29.8 Å². The van der Waals surface area contributed by atoms with E-state index in [9.17, 15) is 14.4 Å². The molecule has 0 spiro atoms. The Hall–Kier alpha value is -2.57. The fraction of sp³-hybridized carbons (Fsp3) is 0.182. The summed E-state index contributed by atoms with van der Waals surface area (Å²) in [5, 5.41) is 13.1. The normalized spacial score (nSPS) is 9.39. The number of carbonyl (C=O) groups excluding carboxylic acids is 3. The van der Waals surface area contributed by atoms with Crippen LogP contribution in [0.1, 0.15) is 10.4 Å². The topological polar surface area (TPSA) is 105 Å². The van der Waals surface area contributed by atoms with Crippen LogP contribution in [0.3, 0.4) is 0 Å². The lowest BCUT2D eigenvalue weighted by atomic mass is 10.2. The van der Waals surface area contributed by atoms with Gasteiger partial charge in [-0.1, -0.05) is 0 Å². The van der Waals surface area contributed by atoms with Gasteiger partial charge in [0, 0.05) is 7.05 Å².